The maximum atomic E-state index is 11.3. The van der Waals surface area contributed by atoms with Gasteiger partial charge in [-0.25, -0.2) is 0 Å². The van der Waals surface area contributed by atoms with Gasteiger partial charge >= 0.3 is 5.97 Å². The Labute approximate surface area is 136 Å². The van der Waals surface area contributed by atoms with Crippen molar-refractivity contribution < 1.29 is 23.7 Å². The first-order valence-corrected chi connectivity index (χ1v) is 8.01. The third-order valence-corrected chi connectivity index (χ3v) is 4.13. The minimum absolute atomic E-state index is 0.000771. The van der Waals surface area contributed by atoms with Gasteiger partial charge in [0.15, 0.2) is 6.29 Å². The molecule has 3 rings (SSSR count). The second-order valence-electron chi connectivity index (χ2n) is 5.73. The SMILES string of the molecule is COC(=O)CCC1=CCC[C@@H]2O[C@H](c3ccccc3)OC[C@H]2O1. The highest BCUT2D eigenvalue weighted by atomic mass is 16.7. The molecule has 0 bridgehead atoms. The first kappa shape index (κ1) is 16.0. The van der Waals surface area contributed by atoms with Crippen LogP contribution in [0, 0.1) is 0 Å². The molecule has 1 aromatic carbocycles. The molecule has 0 saturated carbocycles. The van der Waals surface area contributed by atoms with Gasteiger partial charge in [0.25, 0.3) is 0 Å². The number of methoxy groups -OCH3 is 1. The van der Waals surface area contributed by atoms with Crippen LogP contribution in [0.1, 0.15) is 37.5 Å². The van der Waals surface area contributed by atoms with Gasteiger partial charge in [-0.3, -0.25) is 4.79 Å². The van der Waals surface area contributed by atoms with E-state index >= 15 is 0 Å². The minimum Gasteiger partial charge on any atom is -0.490 e. The number of hydrogen-bond donors (Lipinski definition) is 0. The van der Waals surface area contributed by atoms with Crippen molar-refractivity contribution in [3.05, 3.63) is 47.7 Å². The van der Waals surface area contributed by atoms with Crippen molar-refractivity contribution in [2.24, 2.45) is 0 Å². The first-order chi connectivity index (χ1) is 11.3. The molecule has 0 aliphatic carbocycles. The minimum atomic E-state index is -0.335. The van der Waals surface area contributed by atoms with E-state index in [9.17, 15) is 4.79 Å². The molecule has 2 aliphatic rings. The fourth-order valence-corrected chi connectivity index (χ4v) is 2.86. The van der Waals surface area contributed by atoms with Crippen molar-refractivity contribution in [3.63, 3.8) is 0 Å². The van der Waals surface area contributed by atoms with E-state index in [2.05, 4.69) is 4.74 Å². The van der Waals surface area contributed by atoms with Gasteiger partial charge in [-0.1, -0.05) is 30.3 Å². The van der Waals surface area contributed by atoms with Gasteiger partial charge < -0.3 is 18.9 Å². The standard InChI is InChI=1S/C18H22O5/c1-20-17(19)11-10-14-8-5-9-15-16(22-14)12-21-18(23-15)13-6-3-2-4-7-13/h2-4,6-8,15-16,18H,5,9-12H2,1H3/t15-,16+,18+/m0/s1. The summed E-state index contributed by atoms with van der Waals surface area (Å²) in [7, 11) is 1.40. The maximum absolute atomic E-state index is 11.3. The average molecular weight is 318 g/mol. The molecule has 0 spiro atoms. The zero-order chi connectivity index (χ0) is 16.1. The second-order valence-corrected chi connectivity index (χ2v) is 5.73. The van der Waals surface area contributed by atoms with Gasteiger partial charge in [-0.15, -0.1) is 0 Å². The summed E-state index contributed by atoms with van der Waals surface area (Å²) in [5, 5.41) is 0. The Balaban J connectivity index is 1.57. The lowest BCUT2D eigenvalue weighted by molar-refractivity contribution is -0.259. The van der Waals surface area contributed by atoms with Crippen molar-refractivity contribution >= 4 is 5.97 Å². The van der Waals surface area contributed by atoms with E-state index in [0.717, 1.165) is 24.2 Å². The molecule has 0 amide bonds. The third-order valence-electron chi connectivity index (χ3n) is 4.13. The molecule has 0 N–H and O–H groups in total. The molecule has 2 aliphatic heterocycles. The Morgan fingerprint density at radius 3 is 2.87 bits per heavy atom. The van der Waals surface area contributed by atoms with Gasteiger partial charge in [0.05, 0.1) is 25.9 Å². The number of esters is 1. The number of carbonyl (C=O) groups is 1. The molecule has 1 fully saturated rings. The molecular weight excluding hydrogens is 296 g/mol. The lowest BCUT2D eigenvalue weighted by Gasteiger charge is -2.36. The van der Waals surface area contributed by atoms with E-state index in [0.29, 0.717) is 19.4 Å². The summed E-state index contributed by atoms with van der Waals surface area (Å²) in [6.07, 6.45) is 4.23. The molecule has 0 unspecified atom stereocenters. The van der Waals surface area contributed by atoms with Gasteiger partial charge in [0.2, 0.25) is 0 Å². The van der Waals surface area contributed by atoms with Crippen LogP contribution in [0.2, 0.25) is 0 Å². The van der Waals surface area contributed by atoms with E-state index < -0.39 is 0 Å². The Hall–Kier alpha value is -1.85. The lowest BCUT2D eigenvalue weighted by Crippen LogP contribution is -2.41. The molecular formula is C18H22O5. The Morgan fingerprint density at radius 1 is 1.26 bits per heavy atom. The molecule has 23 heavy (non-hydrogen) atoms. The smallest absolute Gasteiger partial charge is 0.305 e. The van der Waals surface area contributed by atoms with Gasteiger partial charge in [0, 0.05) is 12.0 Å². The summed E-state index contributed by atoms with van der Waals surface area (Å²) >= 11 is 0. The second kappa shape index (κ2) is 7.62. The normalized spacial score (nSPS) is 27.2. The van der Waals surface area contributed by atoms with Crippen LogP contribution < -0.4 is 0 Å². The van der Waals surface area contributed by atoms with Crippen LogP contribution in [-0.2, 0) is 23.7 Å². The number of benzene rings is 1. The molecule has 1 saturated heterocycles. The highest BCUT2D eigenvalue weighted by molar-refractivity contribution is 5.69. The maximum Gasteiger partial charge on any atom is 0.305 e. The summed E-state index contributed by atoms with van der Waals surface area (Å²) in [6.45, 7) is 0.486. The molecule has 1 aromatic rings. The molecule has 5 heteroatoms. The zero-order valence-electron chi connectivity index (χ0n) is 13.3. The van der Waals surface area contributed by atoms with Crippen LogP contribution in [0.4, 0.5) is 0 Å². The first-order valence-electron chi connectivity index (χ1n) is 8.01. The molecule has 0 aromatic heterocycles. The van der Waals surface area contributed by atoms with Crippen molar-refractivity contribution in [2.45, 2.75) is 44.2 Å². The van der Waals surface area contributed by atoms with Crippen LogP contribution in [-0.4, -0.2) is 31.9 Å². The lowest BCUT2D eigenvalue weighted by atomic mass is 10.1. The highest BCUT2D eigenvalue weighted by Crippen LogP contribution is 2.32. The number of rotatable bonds is 4. The van der Waals surface area contributed by atoms with Gasteiger partial charge in [-0.05, 0) is 18.9 Å². The predicted molar refractivity (Wildman–Crippen MR) is 83.4 cm³/mol. The zero-order valence-corrected chi connectivity index (χ0v) is 13.3. The Bertz CT molecular complexity index is 554. The summed E-state index contributed by atoms with van der Waals surface area (Å²) in [5.41, 5.74) is 1.02. The number of ether oxygens (including phenoxy) is 4. The molecule has 0 radical (unpaired) electrons. The van der Waals surface area contributed by atoms with Crippen LogP contribution in [0.25, 0.3) is 0 Å². The molecule has 5 nitrogen and oxygen atoms in total. The summed E-state index contributed by atoms with van der Waals surface area (Å²) < 4.78 is 22.6. The van der Waals surface area contributed by atoms with Crippen molar-refractivity contribution in [1.82, 2.24) is 0 Å². The van der Waals surface area contributed by atoms with Crippen LogP contribution in [0.15, 0.2) is 42.2 Å². The number of carbonyl (C=O) groups excluding carboxylic acids is 1. The van der Waals surface area contributed by atoms with Crippen molar-refractivity contribution in [3.8, 4) is 0 Å². The Morgan fingerprint density at radius 2 is 2.09 bits per heavy atom. The van der Waals surface area contributed by atoms with E-state index in [1.54, 1.807) is 0 Å². The van der Waals surface area contributed by atoms with Crippen molar-refractivity contribution in [1.29, 1.82) is 0 Å². The van der Waals surface area contributed by atoms with Gasteiger partial charge in [0.1, 0.15) is 12.2 Å². The summed E-state index contributed by atoms with van der Waals surface area (Å²) in [5.74, 6) is 0.601. The topological polar surface area (TPSA) is 54.0 Å². The van der Waals surface area contributed by atoms with E-state index in [1.165, 1.54) is 7.11 Å². The largest absolute Gasteiger partial charge is 0.490 e. The molecule has 124 valence electrons. The molecule has 3 atom stereocenters. The number of allylic oxidation sites excluding steroid dienone is 2. The van der Waals surface area contributed by atoms with Crippen LogP contribution in [0.3, 0.4) is 0 Å². The third kappa shape index (κ3) is 4.12. The quantitative estimate of drug-likeness (QED) is 0.798. The average Bonchev–Trinajstić information content (AvgIpc) is 2.81. The monoisotopic (exact) mass is 318 g/mol. The Kier molecular flexibility index (Phi) is 5.31. The fraction of sp³-hybridized carbons (Fsp3) is 0.500. The van der Waals surface area contributed by atoms with E-state index in [-0.39, 0.29) is 24.5 Å². The van der Waals surface area contributed by atoms with E-state index in [4.69, 9.17) is 14.2 Å². The van der Waals surface area contributed by atoms with E-state index in [1.807, 2.05) is 36.4 Å². The predicted octanol–water partition coefficient (Wildman–Crippen LogP) is 3.12. The van der Waals surface area contributed by atoms with Crippen LogP contribution in [0.5, 0.6) is 0 Å². The molecule has 2 heterocycles. The van der Waals surface area contributed by atoms with Crippen molar-refractivity contribution in [2.75, 3.05) is 13.7 Å². The number of fused-ring (bicyclic) bond motifs is 1. The highest BCUT2D eigenvalue weighted by Gasteiger charge is 2.35. The fourth-order valence-electron chi connectivity index (χ4n) is 2.86. The van der Waals surface area contributed by atoms with Crippen LogP contribution >= 0.6 is 0 Å². The number of hydrogen-bond acceptors (Lipinski definition) is 5. The summed E-state index contributed by atoms with van der Waals surface area (Å²) in [4.78, 5) is 11.3. The summed E-state index contributed by atoms with van der Waals surface area (Å²) in [6, 6.07) is 9.93. The van der Waals surface area contributed by atoms with Gasteiger partial charge in [-0.2, -0.15) is 0 Å².